The van der Waals surface area contributed by atoms with Crippen molar-refractivity contribution in [3.05, 3.63) is 0 Å². The average molecular weight is 298 g/mol. The minimum Gasteiger partial charge on any atom is -0.481 e. The van der Waals surface area contributed by atoms with Gasteiger partial charge in [0.15, 0.2) is 0 Å². The molecule has 21 heavy (non-hydrogen) atoms. The zero-order valence-electron chi connectivity index (χ0n) is 12.7. The Bertz CT molecular complexity index is 375. The summed E-state index contributed by atoms with van der Waals surface area (Å²) >= 11 is 0. The van der Waals surface area contributed by atoms with E-state index in [1.54, 1.807) is 4.90 Å². The van der Waals surface area contributed by atoms with Gasteiger partial charge in [-0.3, -0.25) is 4.79 Å². The van der Waals surface area contributed by atoms with Crippen molar-refractivity contribution in [3.63, 3.8) is 0 Å². The summed E-state index contributed by atoms with van der Waals surface area (Å²) < 4.78 is 5.29. The molecule has 1 aliphatic carbocycles. The van der Waals surface area contributed by atoms with Crippen LogP contribution >= 0.6 is 0 Å². The van der Waals surface area contributed by atoms with Crippen molar-refractivity contribution < 1.29 is 19.4 Å². The third-order valence-electron chi connectivity index (χ3n) is 4.49. The Hall–Kier alpha value is -1.30. The van der Waals surface area contributed by atoms with Gasteiger partial charge in [0.25, 0.3) is 0 Å². The molecular weight excluding hydrogens is 272 g/mol. The summed E-state index contributed by atoms with van der Waals surface area (Å²) in [7, 11) is 0. The minimum atomic E-state index is -0.899. The molecule has 0 spiro atoms. The monoisotopic (exact) mass is 298 g/mol. The Morgan fingerprint density at radius 2 is 2.19 bits per heavy atom. The number of carbonyl (C=O) groups excluding carboxylic acids is 1. The van der Waals surface area contributed by atoms with Crippen molar-refractivity contribution in [2.45, 2.75) is 45.1 Å². The Morgan fingerprint density at radius 1 is 1.38 bits per heavy atom. The van der Waals surface area contributed by atoms with Crippen molar-refractivity contribution in [1.29, 1.82) is 0 Å². The van der Waals surface area contributed by atoms with Gasteiger partial charge in [-0.05, 0) is 24.7 Å². The first-order valence-corrected chi connectivity index (χ1v) is 7.90. The lowest BCUT2D eigenvalue weighted by Crippen LogP contribution is -2.53. The highest BCUT2D eigenvalue weighted by Crippen LogP contribution is 2.28. The fourth-order valence-corrected chi connectivity index (χ4v) is 3.37. The number of nitrogens with one attached hydrogen (secondary N) is 1. The number of nitrogens with zero attached hydrogens (tertiary/aromatic N) is 1. The maximum atomic E-state index is 12.3. The fraction of sp³-hybridized carbons (Fsp3) is 0.867. The van der Waals surface area contributed by atoms with Gasteiger partial charge >= 0.3 is 12.0 Å². The molecule has 1 aliphatic heterocycles. The Kier molecular flexibility index (Phi) is 5.85. The van der Waals surface area contributed by atoms with E-state index in [1.807, 2.05) is 0 Å². The number of amides is 2. The van der Waals surface area contributed by atoms with E-state index in [9.17, 15) is 9.59 Å². The third-order valence-corrected chi connectivity index (χ3v) is 4.49. The number of rotatable bonds is 4. The molecule has 1 heterocycles. The van der Waals surface area contributed by atoms with E-state index in [4.69, 9.17) is 9.84 Å². The highest BCUT2D eigenvalue weighted by atomic mass is 16.5. The summed E-state index contributed by atoms with van der Waals surface area (Å²) in [5.74, 6) is 0.393. The van der Waals surface area contributed by atoms with Crippen LogP contribution in [-0.2, 0) is 9.53 Å². The van der Waals surface area contributed by atoms with Crippen molar-refractivity contribution in [2.75, 3.05) is 26.3 Å². The number of urea groups is 1. The summed E-state index contributed by atoms with van der Waals surface area (Å²) in [6.07, 6.45) is 4.80. The van der Waals surface area contributed by atoms with E-state index in [1.165, 1.54) is 25.7 Å². The second-order valence-electron chi connectivity index (χ2n) is 6.34. The molecule has 6 heteroatoms. The van der Waals surface area contributed by atoms with Crippen LogP contribution in [0.4, 0.5) is 4.79 Å². The molecule has 2 amide bonds. The largest absolute Gasteiger partial charge is 0.481 e. The van der Waals surface area contributed by atoms with Crippen LogP contribution in [-0.4, -0.2) is 54.4 Å². The van der Waals surface area contributed by atoms with Crippen molar-refractivity contribution in [2.24, 2.45) is 11.8 Å². The molecule has 0 radical (unpaired) electrons. The SMILES string of the molecule is CC1CCCC(CNC(=O)N2CCOCC2CC(=O)O)C1. The first-order chi connectivity index (χ1) is 10.1. The average Bonchev–Trinajstić information content (AvgIpc) is 2.45. The topological polar surface area (TPSA) is 78.9 Å². The van der Waals surface area contributed by atoms with Crippen LogP contribution in [0.3, 0.4) is 0 Å². The fourth-order valence-electron chi connectivity index (χ4n) is 3.37. The number of ether oxygens (including phenoxy) is 1. The molecule has 0 aromatic rings. The summed E-state index contributed by atoms with van der Waals surface area (Å²) in [5.41, 5.74) is 0. The van der Waals surface area contributed by atoms with E-state index in [-0.39, 0.29) is 18.5 Å². The highest BCUT2D eigenvalue weighted by molar-refractivity contribution is 5.76. The summed E-state index contributed by atoms with van der Waals surface area (Å²) in [6, 6.07) is -0.510. The number of morpholine rings is 1. The number of hydrogen-bond donors (Lipinski definition) is 2. The van der Waals surface area contributed by atoms with E-state index < -0.39 is 5.97 Å². The molecule has 1 saturated heterocycles. The van der Waals surface area contributed by atoms with Gasteiger partial charge in [0.05, 0.1) is 25.7 Å². The van der Waals surface area contributed by atoms with Gasteiger partial charge in [-0.25, -0.2) is 4.79 Å². The van der Waals surface area contributed by atoms with E-state index in [2.05, 4.69) is 12.2 Å². The number of carboxylic acid groups (broad SMARTS) is 1. The van der Waals surface area contributed by atoms with Crippen LogP contribution in [0.2, 0.25) is 0 Å². The molecule has 2 fully saturated rings. The minimum absolute atomic E-state index is 0.0616. The van der Waals surface area contributed by atoms with E-state index >= 15 is 0 Å². The Balaban J connectivity index is 1.81. The zero-order valence-corrected chi connectivity index (χ0v) is 12.7. The van der Waals surface area contributed by atoms with Crippen LogP contribution in [0.25, 0.3) is 0 Å². The smallest absolute Gasteiger partial charge is 0.317 e. The number of aliphatic carboxylic acids is 1. The van der Waals surface area contributed by atoms with Crippen molar-refractivity contribution in [3.8, 4) is 0 Å². The number of hydrogen-bond acceptors (Lipinski definition) is 3. The predicted molar refractivity (Wildman–Crippen MR) is 78.1 cm³/mol. The summed E-state index contributed by atoms with van der Waals surface area (Å²) in [6.45, 7) is 4.20. The molecule has 2 N–H and O–H groups in total. The van der Waals surface area contributed by atoms with Gasteiger partial charge in [0.2, 0.25) is 0 Å². The summed E-state index contributed by atoms with van der Waals surface area (Å²) in [5, 5.41) is 11.9. The molecular formula is C15H26N2O4. The van der Waals surface area contributed by atoms with Crippen LogP contribution in [0, 0.1) is 11.8 Å². The van der Waals surface area contributed by atoms with Gasteiger partial charge in [-0.1, -0.05) is 19.8 Å². The van der Waals surface area contributed by atoms with Gasteiger partial charge < -0.3 is 20.1 Å². The molecule has 6 nitrogen and oxygen atoms in total. The van der Waals surface area contributed by atoms with Crippen LogP contribution in [0.15, 0.2) is 0 Å². The van der Waals surface area contributed by atoms with Gasteiger partial charge in [-0.2, -0.15) is 0 Å². The molecule has 3 atom stereocenters. The first kappa shape index (κ1) is 16.1. The molecule has 1 saturated carbocycles. The van der Waals surface area contributed by atoms with Gasteiger partial charge in [0.1, 0.15) is 0 Å². The van der Waals surface area contributed by atoms with Crippen LogP contribution < -0.4 is 5.32 Å². The molecule has 120 valence electrons. The Morgan fingerprint density at radius 3 is 2.90 bits per heavy atom. The van der Waals surface area contributed by atoms with Crippen molar-refractivity contribution >= 4 is 12.0 Å². The lowest BCUT2D eigenvalue weighted by atomic mass is 9.82. The van der Waals surface area contributed by atoms with Gasteiger partial charge in [-0.15, -0.1) is 0 Å². The van der Waals surface area contributed by atoms with Gasteiger partial charge in [0, 0.05) is 13.1 Å². The molecule has 2 aliphatic rings. The standard InChI is InChI=1S/C15H26N2O4/c1-11-3-2-4-12(7-11)9-16-15(20)17-5-6-21-10-13(17)8-14(18)19/h11-13H,2-10H2,1H3,(H,16,20)(H,18,19). The number of carbonyl (C=O) groups is 2. The maximum absolute atomic E-state index is 12.3. The molecule has 0 aromatic carbocycles. The molecule has 3 unspecified atom stereocenters. The molecule has 2 rings (SSSR count). The highest BCUT2D eigenvalue weighted by Gasteiger charge is 2.29. The van der Waals surface area contributed by atoms with Crippen molar-refractivity contribution in [1.82, 2.24) is 10.2 Å². The number of carboxylic acids is 1. The van der Waals surface area contributed by atoms with E-state index in [0.717, 1.165) is 5.92 Å². The lowest BCUT2D eigenvalue weighted by Gasteiger charge is -2.35. The lowest BCUT2D eigenvalue weighted by molar-refractivity contribution is -0.139. The normalized spacial score (nSPS) is 30.0. The Labute approximate surface area is 125 Å². The summed E-state index contributed by atoms with van der Waals surface area (Å²) in [4.78, 5) is 24.8. The quantitative estimate of drug-likeness (QED) is 0.828. The third kappa shape index (κ3) is 4.88. The molecule has 0 bridgehead atoms. The van der Waals surface area contributed by atoms with Crippen LogP contribution in [0.5, 0.6) is 0 Å². The van der Waals surface area contributed by atoms with Crippen LogP contribution in [0.1, 0.15) is 39.0 Å². The zero-order chi connectivity index (χ0) is 15.2. The van der Waals surface area contributed by atoms with E-state index in [0.29, 0.717) is 32.2 Å². The molecule has 0 aromatic heterocycles. The predicted octanol–water partition coefficient (Wildman–Crippen LogP) is 1.70. The first-order valence-electron chi connectivity index (χ1n) is 7.90. The second-order valence-corrected chi connectivity index (χ2v) is 6.34. The maximum Gasteiger partial charge on any atom is 0.317 e. The second kappa shape index (κ2) is 7.64.